The maximum absolute atomic E-state index is 10.6. The molecule has 1 atom stereocenters. The van der Waals surface area contributed by atoms with E-state index < -0.39 is 5.60 Å². The molecule has 0 bridgehead atoms. The van der Waals surface area contributed by atoms with Gasteiger partial charge in [0.2, 0.25) is 0 Å². The zero-order chi connectivity index (χ0) is 14.6. The summed E-state index contributed by atoms with van der Waals surface area (Å²) in [5.74, 6) is 0. The van der Waals surface area contributed by atoms with Gasteiger partial charge in [-0.2, -0.15) is 0 Å². The number of hydrogen-bond acceptors (Lipinski definition) is 4. The summed E-state index contributed by atoms with van der Waals surface area (Å²) < 4.78 is 5.33. The zero-order valence-electron chi connectivity index (χ0n) is 12.5. The van der Waals surface area contributed by atoms with Gasteiger partial charge >= 0.3 is 0 Å². The summed E-state index contributed by atoms with van der Waals surface area (Å²) in [4.78, 5) is 2.12. The van der Waals surface area contributed by atoms with Gasteiger partial charge in [0.25, 0.3) is 0 Å². The Morgan fingerprint density at radius 2 is 2.00 bits per heavy atom. The molecular formula is C16H26N2O2. The fourth-order valence-electron chi connectivity index (χ4n) is 2.80. The number of nitrogens with two attached hydrogens (primary N) is 1. The van der Waals surface area contributed by atoms with E-state index in [0.29, 0.717) is 32.6 Å². The van der Waals surface area contributed by atoms with Gasteiger partial charge in [-0.1, -0.05) is 25.1 Å². The highest BCUT2D eigenvalue weighted by molar-refractivity contribution is 5.54. The Morgan fingerprint density at radius 3 is 2.65 bits per heavy atom. The highest BCUT2D eigenvalue weighted by atomic mass is 16.5. The Hall–Kier alpha value is -1.10. The van der Waals surface area contributed by atoms with Gasteiger partial charge in [0.15, 0.2) is 0 Å². The minimum absolute atomic E-state index is 0.0398. The summed E-state index contributed by atoms with van der Waals surface area (Å²) >= 11 is 0. The number of anilines is 1. The van der Waals surface area contributed by atoms with Crippen molar-refractivity contribution in [3.8, 4) is 0 Å². The molecule has 112 valence electrons. The van der Waals surface area contributed by atoms with Crippen LogP contribution in [0.5, 0.6) is 0 Å². The van der Waals surface area contributed by atoms with Crippen molar-refractivity contribution in [1.29, 1.82) is 0 Å². The molecule has 1 heterocycles. The molecule has 20 heavy (non-hydrogen) atoms. The molecule has 2 rings (SSSR count). The molecular weight excluding hydrogens is 252 g/mol. The molecule has 1 fully saturated rings. The van der Waals surface area contributed by atoms with E-state index in [1.807, 2.05) is 19.2 Å². The Balaban J connectivity index is 2.14. The van der Waals surface area contributed by atoms with Crippen LogP contribution >= 0.6 is 0 Å². The van der Waals surface area contributed by atoms with Gasteiger partial charge in [0.1, 0.15) is 0 Å². The number of benzene rings is 1. The summed E-state index contributed by atoms with van der Waals surface area (Å²) in [7, 11) is 2.02. The molecule has 1 aliphatic rings. The summed E-state index contributed by atoms with van der Waals surface area (Å²) in [5, 5.41) is 10.6. The quantitative estimate of drug-likeness (QED) is 0.865. The van der Waals surface area contributed by atoms with E-state index in [4.69, 9.17) is 10.5 Å². The molecule has 3 N–H and O–H groups in total. The summed E-state index contributed by atoms with van der Waals surface area (Å²) in [6, 6.07) is 8.23. The van der Waals surface area contributed by atoms with Crippen molar-refractivity contribution in [3.63, 3.8) is 0 Å². The van der Waals surface area contributed by atoms with Crippen molar-refractivity contribution in [3.05, 3.63) is 29.8 Å². The van der Waals surface area contributed by atoms with Gasteiger partial charge in [-0.15, -0.1) is 0 Å². The van der Waals surface area contributed by atoms with E-state index >= 15 is 0 Å². The van der Waals surface area contributed by atoms with Crippen LogP contribution in [0.4, 0.5) is 5.69 Å². The predicted octanol–water partition coefficient (Wildman–Crippen LogP) is 2.07. The molecule has 1 aromatic rings. The third-order valence-corrected chi connectivity index (χ3v) is 4.14. The second kappa shape index (κ2) is 6.57. The van der Waals surface area contributed by atoms with Crippen LogP contribution in [0.1, 0.15) is 37.8 Å². The van der Waals surface area contributed by atoms with Crippen molar-refractivity contribution < 1.29 is 9.84 Å². The van der Waals surface area contributed by atoms with Gasteiger partial charge in [-0.05, 0) is 18.1 Å². The minimum atomic E-state index is -0.656. The van der Waals surface area contributed by atoms with E-state index in [-0.39, 0.29) is 6.04 Å². The molecule has 4 heteroatoms. The lowest BCUT2D eigenvalue weighted by Gasteiger charge is -2.37. The van der Waals surface area contributed by atoms with Crippen molar-refractivity contribution in [2.24, 2.45) is 5.73 Å². The van der Waals surface area contributed by atoms with Crippen molar-refractivity contribution >= 4 is 5.69 Å². The maximum Gasteiger partial charge on any atom is 0.0865 e. The molecule has 1 saturated heterocycles. The van der Waals surface area contributed by atoms with Crippen LogP contribution in [-0.2, 0) is 4.74 Å². The third kappa shape index (κ3) is 3.51. The van der Waals surface area contributed by atoms with Gasteiger partial charge in [-0.25, -0.2) is 0 Å². The molecule has 0 radical (unpaired) electrons. The molecule has 0 saturated carbocycles. The predicted molar refractivity (Wildman–Crippen MR) is 81.9 cm³/mol. The highest BCUT2D eigenvalue weighted by Gasteiger charge is 2.31. The average Bonchev–Trinajstić information content (AvgIpc) is 2.46. The SMILES string of the molecule is CCC(N)c1ccccc1N(C)CC1(O)CCOCC1. The molecule has 4 nitrogen and oxygen atoms in total. The number of rotatable bonds is 5. The molecule has 1 aromatic carbocycles. The van der Waals surface area contributed by atoms with Crippen LogP contribution in [-0.4, -0.2) is 37.5 Å². The van der Waals surface area contributed by atoms with Crippen LogP contribution in [0.3, 0.4) is 0 Å². The van der Waals surface area contributed by atoms with E-state index in [1.165, 1.54) is 0 Å². The lowest BCUT2D eigenvalue weighted by molar-refractivity contribution is -0.0572. The zero-order valence-corrected chi connectivity index (χ0v) is 12.5. The molecule has 0 aromatic heterocycles. The average molecular weight is 278 g/mol. The van der Waals surface area contributed by atoms with Crippen LogP contribution in [0.2, 0.25) is 0 Å². The van der Waals surface area contributed by atoms with Gasteiger partial charge in [0, 0.05) is 51.4 Å². The number of likely N-dealkylation sites (N-methyl/N-ethyl adjacent to an activating group) is 1. The van der Waals surface area contributed by atoms with Crippen LogP contribution < -0.4 is 10.6 Å². The lowest BCUT2D eigenvalue weighted by Crippen LogP contribution is -2.46. The normalized spacial score (nSPS) is 19.6. The van der Waals surface area contributed by atoms with Crippen molar-refractivity contribution in [1.82, 2.24) is 0 Å². The fraction of sp³-hybridized carbons (Fsp3) is 0.625. The van der Waals surface area contributed by atoms with Gasteiger partial charge in [0.05, 0.1) is 5.60 Å². The van der Waals surface area contributed by atoms with E-state index in [9.17, 15) is 5.11 Å². The standard InChI is InChI=1S/C16H26N2O2/c1-3-14(17)13-6-4-5-7-15(13)18(2)12-16(19)8-10-20-11-9-16/h4-7,14,19H,3,8-12,17H2,1-2H3. The van der Waals surface area contributed by atoms with Gasteiger partial charge in [-0.3, -0.25) is 0 Å². The van der Waals surface area contributed by atoms with Gasteiger partial charge < -0.3 is 20.5 Å². The Kier molecular flexibility index (Phi) is 5.02. The Bertz CT molecular complexity index is 430. The fourth-order valence-corrected chi connectivity index (χ4v) is 2.80. The molecule has 0 amide bonds. The second-order valence-corrected chi connectivity index (χ2v) is 5.77. The first-order chi connectivity index (χ1) is 9.56. The molecule has 1 unspecified atom stereocenters. The topological polar surface area (TPSA) is 58.7 Å². The molecule has 1 aliphatic heterocycles. The molecule has 0 spiro atoms. The smallest absolute Gasteiger partial charge is 0.0865 e. The Morgan fingerprint density at radius 1 is 1.35 bits per heavy atom. The van der Waals surface area contributed by atoms with Crippen LogP contribution in [0.25, 0.3) is 0 Å². The van der Waals surface area contributed by atoms with E-state index in [0.717, 1.165) is 17.7 Å². The Labute approximate surface area is 121 Å². The van der Waals surface area contributed by atoms with Crippen molar-refractivity contribution in [2.75, 3.05) is 31.7 Å². The minimum Gasteiger partial charge on any atom is -0.388 e. The van der Waals surface area contributed by atoms with E-state index in [1.54, 1.807) is 0 Å². The summed E-state index contributed by atoms with van der Waals surface area (Å²) in [5.41, 5.74) is 7.79. The highest BCUT2D eigenvalue weighted by Crippen LogP contribution is 2.29. The monoisotopic (exact) mass is 278 g/mol. The number of ether oxygens (including phenoxy) is 1. The lowest BCUT2D eigenvalue weighted by atomic mass is 9.93. The number of hydrogen-bond donors (Lipinski definition) is 2. The third-order valence-electron chi connectivity index (χ3n) is 4.14. The first-order valence-electron chi connectivity index (χ1n) is 7.41. The maximum atomic E-state index is 10.6. The largest absolute Gasteiger partial charge is 0.388 e. The summed E-state index contributed by atoms with van der Waals surface area (Å²) in [6.45, 7) is 3.98. The number of nitrogens with zero attached hydrogens (tertiary/aromatic N) is 1. The first-order valence-corrected chi connectivity index (χ1v) is 7.41. The summed E-state index contributed by atoms with van der Waals surface area (Å²) in [6.07, 6.45) is 2.29. The molecule has 0 aliphatic carbocycles. The number of aliphatic hydroxyl groups is 1. The van der Waals surface area contributed by atoms with E-state index in [2.05, 4.69) is 24.0 Å². The number of para-hydroxylation sites is 1. The second-order valence-electron chi connectivity index (χ2n) is 5.77. The van der Waals surface area contributed by atoms with Crippen LogP contribution in [0.15, 0.2) is 24.3 Å². The van der Waals surface area contributed by atoms with Crippen LogP contribution in [0, 0.1) is 0 Å². The van der Waals surface area contributed by atoms with Crippen molar-refractivity contribution in [2.45, 2.75) is 37.8 Å². The first kappa shape index (κ1) is 15.3.